The lowest BCUT2D eigenvalue weighted by Crippen LogP contribution is -2.39. The van der Waals surface area contributed by atoms with Gasteiger partial charge in [0.25, 0.3) is 0 Å². The first-order valence-electron chi connectivity index (χ1n) is 3.21. The van der Waals surface area contributed by atoms with E-state index in [1.807, 2.05) is 0 Å². The van der Waals surface area contributed by atoms with Gasteiger partial charge in [-0.1, -0.05) is 0 Å². The zero-order valence-corrected chi connectivity index (χ0v) is 6.80. The summed E-state index contributed by atoms with van der Waals surface area (Å²) in [7, 11) is 0. The summed E-state index contributed by atoms with van der Waals surface area (Å²) < 4.78 is 5.04. The van der Waals surface area contributed by atoms with E-state index >= 15 is 0 Å². The van der Waals surface area contributed by atoms with Crippen LogP contribution < -0.4 is 5.11 Å². The Labute approximate surface area is 61.0 Å². The lowest BCUT2D eigenvalue weighted by molar-refractivity contribution is -0.319. The molecule has 0 unspecified atom stereocenters. The second kappa shape index (κ2) is 3.01. The number of carbonyl (C=O) groups is 1. The van der Waals surface area contributed by atoms with E-state index in [9.17, 15) is 9.90 Å². The number of rotatable bonds is 2. The molecule has 60 valence electrons. The van der Waals surface area contributed by atoms with E-state index in [2.05, 4.69) is 0 Å². The van der Waals surface area contributed by atoms with Gasteiger partial charge < -0.3 is 14.6 Å². The van der Waals surface area contributed by atoms with Gasteiger partial charge in [-0.2, -0.15) is 0 Å². The quantitative estimate of drug-likeness (QED) is 0.547. The first-order chi connectivity index (χ1) is 4.33. The van der Waals surface area contributed by atoms with Crippen LogP contribution in [-0.2, 0) is 9.53 Å². The summed E-state index contributed by atoms with van der Waals surface area (Å²) in [5.74, 6) is -1.17. The van der Waals surface area contributed by atoms with Gasteiger partial charge in [-0.05, 0) is 27.7 Å². The van der Waals surface area contributed by atoms with E-state index in [1.165, 1.54) is 6.92 Å². The molecule has 0 aromatic carbocycles. The van der Waals surface area contributed by atoms with Crippen molar-refractivity contribution in [1.29, 1.82) is 0 Å². The number of ether oxygens (including phenoxy) is 1. The molecule has 0 rings (SSSR count). The third kappa shape index (κ3) is 4.32. The Morgan fingerprint density at radius 1 is 1.50 bits per heavy atom. The zero-order valence-electron chi connectivity index (χ0n) is 6.80. The fraction of sp³-hybridized carbons (Fsp3) is 0.857. The highest BCUT2D eigenvalue weighted by molar-refractivity contribution is 5.69. The molecule has 0 aliphatic rings. The molecule has 0 saturated heterocycles. The van der Waals surface area contributed by atoms with Crippen LogP contribution in [0, 0.1) is 0 Å². The normalized spacial score (nSPS) is 14.8. The van der Waals surface area contributed by atoms with E-state index in [4.69, 9.17) is 4.74 Å². The summed E-state index contributed by atoms with van der Waals surface area (Å²) in [5, 5.41) is 10.1. The van der Waals surface area contributed by atoms with Crippen LogP contribution >= 0.6 is 0 Å². The van der Waals surface area contributed by atoms with Crippen LogP contribution in [-0.4, -0.2) is 17.7 Å². The number of carboxylic acid groups (broad SMARTS) is 1. The second-order valence-corrected chi connectivity index (χ2v) is 3.19. The maximum atomic E-state index is 10.1. The Bertz CT molecular complexity index is 123. The van der Waals surface area contributed by atoms with Gasteiger partial charge in [-0.3, -0.25) is 0 Å². The lowest BCUT2D eigenvalue weighted by atomic mass is 10.2. The molecule has 3 heteroatoms. The predicted molar refractivity (Wildman–Crippen MR) is 35.3 cm³/mol. The van der Waals surface area contributed by atoms with Crippen molar-refractivity contribution in [3.05, 3.63) is 0 Å². The highest BCUT2D eigenvalue weighted by Crippen LogP contribution is 2.09. The van der Waals surface area contributed by atoms with Gasteiger partial charge in [0.15, 0.2) is 0 Å². The number of hydrogen-bond acceptors (Lipinski definition) is 3. The maximum absolute atomic E-state index is 10.1. The Hall–Kier alpha value is -0.570. The molecule has 10 heavy (non-hydrogen) atoms. The molecule has 0 fully saturated rings. The molecule has 0 amide bonds. The van der Waals surface area contributed by atoms with Gasteiger partial charge in [-0.15, -0.1) is 0 Å². The zero-order chi connectivity index (χ0) is 8.36. The van der Waals surface area contributed by atoms with E-state index in [0.717, 1.165) is 0 Å². The number of carboxylic acids is 1. The van der Waals surface area contributed by atoms with E-state index in [1.54, 1.807) is 20.8 Å². The smallest absolute Gasteiger partial charge is 0.0947 e. The van der Waals surface area contributed by atoms with Crippen molar-refractivity contribution in [2.45, 2.75) is 39.4 Å². The first kappa shape index (κ1) is 9.43. The molecule has 0 saturated carbocycles. The Morgan fingerprint density at radius 2 is 1.90 bits per heavy atom. The number of hydrogen-bond donors (Lipinski definition) is 0. The van der Waals surface area contributed by atoms with Gasteiger partial charge in [0.1, 0.15) is 0 Å². The maximum Gasteiger partial charge on any atom is 0.0947 e. The Balaban J connectivity index is 3.80. The van der Waals surface area contributed by atoms with Crippen LogP contribution in [0.15, 0.2) is 0 Å². The minimum Gasteiger partial charge on any atom is -0.547 e. The largest absolute Gasteiger partial charge is 0.547 e. The van der Waals surface area contributed by atoms with Gasteiger partial charge in [-0.25, -0.2) is 0 Å². The van der Waals surface area contributed by atoms with Crippen LogP contribution in [0.5, 0.6) is 0 Å². The topological polar surface area (TPSA) is 49.4 Å². The van der Waals surface area contributed by atoms with E-state index in [0.29, 0.717) is 0 Å². The highest BCUT2D eigenvalue weighted by Gasteiger charge is 2.15. The second-order valence-electron chi connectivity index (χ2n) is 3.19. The van der Waals surface area contributed by atoms with Crippen molar-refractivity contribution >= 4 is 5.97 Å². The minimum atomic E-state index is -1.17. The monoisotopic (exact) mass is 145 g/mol. The van der Waals surface area contributed by atoms with Crippen LogP contribution in [0.4, 0.5) is 0 Å². The fourth-order valence-electron chi connectivity index (χ4n) is 0.578. The van der Waals surface area contributed by atoms with Crippen molar-refractivity contribution in [2.24, 2.45) is 0 Å². The molecule has 3 nitrogen and oxygen atoms in total. The molecule has 0 N–H and O–H groups in total. The van der Waals surface area contributed by atoms with Crippen molar-refractivity contribution in [3.8, 4) is 0 Å². The molecular weight excluding hydrogens is 132 g/mol. The SMILES string of the molecule is C[C@H](OC(C)(C)C)C(=O)[O-]. The third-order valence-electron chi connectivity index (χ3n) is 0.862. The molecule has 0 bridgehead atoms. The Morgan fingerprint density at radius 3 is 2.00 bits per heavy atom. The van der Waals surface area contributed by atoms with Crippen molar-refractivity contribution < 1.29 is 14.6 Å². The Kier molecular flexibility index (Phi) is 2.84. The van der Waals surface area contributed by atoms with E-state index in [-0.39, 0.29) is 0 Å². The average Bonchev–Trinajstić information content (AvgIpc) is 1.60. The van der Waals surface area contributed by atoms with Crippen LogP contribution in [0.25, 0.3) is 0 Å². The first-order valence-corrected chi connectivity index (χ1v) is 3.21. The van der Waals surface area contributed by atoms with Gasteiger partial charge in [0, 0.05) is 0 Å². The lowest BCUT2D eigenvalue weighted by Gasteiger charge is -2.25. The fourth-order valence-corrected chi connectivity index (χ4v) is 0.578. The van der Waals surface area contributed by atoms with Gasteiger partial charge in [0.05, 0.1) is 17.7 Å². The molecule has 1 atom stereocenters. The highest BCUT2D eigenvalue weighted by atomic mass is 16.5. The molecule has 0 aromatic heterocycles. The summed E-state index contributed by atoms with van der Waals surface area (Å²) >= 11 is 0. The van der Waals surface area contributed by atoms with Crippen molar-refractivity contribution in [3.63, 3.8) is 0 Å². The van der Waals surface area contributed by atoms with Crippen LogP contribution in [0.3, 0.4) is 0 Å². The molecular formula is C7H13O3-. The summed E-state index contributed by atoms with van der Waals surface area (Å²) in [4.78, 5) is 10.1. The van der Waals surface area contributed by atoms with Crippen LogP contribution in [0.2, 0.25) is 0 Å². The molecule has 0 spiro atoms. The summed E-state index contributed by atoms with van der Waals surface area (Å²) in [6.45, 7) is 6.85. The minimum absolute atomic E-state index is 0.417. The van der Waals surface area contributed by atoms with Gasteiger partial charge in [0.2, 0.25) is 0 Å². The third-order valence-corrected chi connectivity index (χ3v) is 0.862. The molecule has 0 aliphatic heterocycles. The molecule has 0 aliphatic carbocycles. The van der Waals surface area contributed by atoms with E-state index < -0.39 is 17.7 Å². The van der Waals surface area contributed by atoms with Crippen molar-refractivity contribution in [2.75, 3.05) is 0 Å². The van der Waals surface area contributed by atoms with Crippen molar-refractivity contribution in [1.82, 2.24) is 0 Å². The van der Waals surface area contributed by atoms with Gasteiger partial charge >= 0.3 is 0 Å². The predicted octanol–water partition coefficient (Wildman–Crippen LogP) is -0.0601. The molecule has 0 radical (unpaired) electrons. The average molecular weight is 145 g/mol. The number of carbonyl (C=O) groups excluding carboxylic acids is 1. The summed E-state index contributed by atoms with van der Waals surface area (Å²) in [5.41, 5.74) is -0.417. The number of aliphatic carboxylic acids is 1. The summed E-state index contributed by atoms with van der Waals surface area (Å²) in [6, 6.07) is 0. The molecule has 0 heterocycles. The standard InChI is InChI=1S/C7H14O3/c1-5(6(8)9)10-7(2,3)4/h5H,1-4H3,(H,8,9)/p-1/t5-/m0/s1. The molecule has 0 aromatic rings. The van der Waals surface area contributed by atoms with Crippen LogP contribution in [0.1, 0.15) is 27.7 Å². The summed E-state index contributed by atoms with van der Waals surface area (Å²) in [6.07, 6.45) is -0.833.